The predicted octanol–water partition coefficient (Wildman–Crippen LogP) is 0.572. The number of nitrogens with two attached hydrogens (primary N) is 1. The van der Waals surface area contributed by atoms with E-state index >= 15 is 0 Å². The van der Waals surface area contributed by atoms with Gasteiger partial charge in [-0.05, 0) is 0 Å². The van der Waals surface area contributed by atoms with Crippen molar-refractivity contribution in [2.45, 2.75) is 39.8 Å². The standard InChI is InChI=1S/C14H21N3O3/c1-13(2)11(15)14(3,4)12(13)17-10(20)7-5-8(18)16-9(19)6-7/h5-6,11-12H,15H2,1-4H3,(H,17,20)(H2,16,18,19). The Morgan fingerprint density at radius 3 is 2.35 bits per heavy atom. The van der Waals surface area contributed by atoms with E-state index in [0.717, 1.165) is 6.07 Å². The van der Waals surface area contributed by atoms with E-state index in [9.17, 15) is 14.7 Å². The van der Waals surface area contributed by atoms with E-state index < -0.39 is 5.56 Å². The monoisotopic (exact) mass is 279 g/mol. The van der Waals surface area contributed by atoms with Crippen molar-refractivity contribution in [3.63, 3.8) is 0 Å². The first-order chi connectivity index (χ1) is 9.06. The molecule has 0 aliphatic heterocycles. The number of hydrogen-bond donors (Lipinski definition) is 4. The number of nitrogens with one attached hydrogen (secondary N) is 2. The maximum absolute atomic E-state index is 12.2. The maximum Gasteiger partial charge on any atom is 0.251 e. The van der Waals surface area contributed by atoms with Crippen molar-refractivity contribution in [1.29, 1.82) is 0 Å². The molecular formula is C14H21N3O3. The normalized spacial score (nSPS) is 26.6. The van der Waals surface area contributed by atoms with Crippen LogP contribution in [0.15, 0.2) is 16.9 Å². The van der Waals surface area contributed by atoms with Crippen LogP contribution in [0.2, 0.25) is 0 Å². The highest BCUT2D eigenvalue weighted by atomic mass is 16.3. The van der Waals surface area contributed by atoms with Crippen LogP contribution >= 0.6 is 0 Å². The number of carbonyl (C=O) groups excluding carboxylic acids is 1. The molecular weight excluding hydrogens is 258 g/mol. The van der Waals surface area contributed by atoms with Crippen LogP contribution < -0.4 is 16.6 Å². The molecule has 1 fully saturated rings. The quantitative estimate of drug-likeness (QED) is 0.634. The van der Waals surface area contributed by atoms with Crippen molar-refractivity contribution in [3.05, 3.63) is 28.0 Å². The lowest BCUT2D eigenvalue weighted by Gasteiger charge is -2.62. The summed E-state index contributed by atoms with van der Waals surface area (Å²) in [6.45, 7) is 8.01. The Morgan fingerprint density at radius 2 is 1.85 bits per heavy atom. The highest BCUT2D eigenvalue weighted by molar-refractivity contribution is 5.94. The Balaban J connectivity index is 2.22. The van der Waals surface area contributed by atoms with Crippen molar-refractivity contribution in [2.75, 3.05) is 0 Å². The van der Waals surface area contributed by atoms with Gasteiger partial charge >= 0.3 is 0 Å². The second kappa shape index (κ2) is 4.34. The fourth-order valence-corrected chi connectivity index (χ4v) is 3.43. The first kappa shape index (κ1) is 14.6. The minimum atomic E-state index is -0.515. The maximum atomic E-state index is 12.2. The summed E-state index contributed by atoms with van der Waals surface area (Å²) in [5.74, 6) is -0.712. The van der Waals surface area contributed by atoms with Crippen LogP contribution in [0, 0.1) is 10.8 Å². The molecule has 20 heavy (non-hydrogen) atoms. The van der Waals surface area contributed by atoms with E-state index in [1.54, 1.807) is 0 Å². The average Bonchev–Trinajstić information content (AvgIpc) is 2.33. The molecule has 110 valence electrons. The van der Waals surface area contributed by atoms with E-state index in [-0.39, 0.29) is 40.3 Å². The lowest BCUT2D eigenvalue weighted by atomic mass is 9.48. The van der Waals surface area contributed by atoms with E-state index in [0.29, 0.717) is 0 Å². The van der Waals surface area contributed by atoms with Gasteiger partial charge in [0.1, 0.15) is 0 Å². The summed E-state index contributed by atoms with van der Waals surface area (Å²) in [6.07, 6.45) is 0. The number of H-pyrrole nitrogens is 1. The van der Waals surface area contributed by atoms with E-state index in [1.165, 1.54) is 6.07 Å². The molecule has 6 heteroatoms. The smallest absolute Gasteiger partial charge is 0.251 e. The SMILES string of the molecule is CC1(C)C(N)C(C)(C)C1NC(=O)c1cc(O)[nH]c(=O)c1. The molecule has 0 saturated heterocycles. The van der Waals surface area contributed by atoms with Crippen molar-refractivity contribution in [2.24, 2.45) is 16.6 Å². The Morgan fingerprint density at radius 1 is 1.30 bits per heavy atom. The summed E-state index contributed by atoms with van der Waals surface area (Å²) in [4.78, 5) is 25.7. The zero-order valence-corrected chi connectivity index (χ0v) is 12.2. The van der Waals surface area contributed by atoms with E-state index in [1.807, 2.05) is 27.7 Å². The molecule has 0 radical (unpaired) electrons. The van der Waals surface area contributed by atoms with Crippen LogP contribution in [0.25, 0.3) is 0 Å². The van der Waals surface area contributed by atoms with Crippen LogP contribution in [-0.4, -0.2) is 28.1 Å². The van der Waals surface area contributed by atoms with Gasteiger partial charge in [-0.15, -0.1) is 0 Å². The number of carbonyl (C=O) groups is 1. The number of aromatic nitrogens is 1. The third-order valence-corrected chi connectivity index (χ3v) is 4.46. The summed E-state index contributed by atoms with van der Waals surface area (Å²) in [6, 6.07) is 2.27. The Labute approximate surface area is 117 Å². The fourth-order valence-electron chi connectivity index (χ4n) is 3.43. The number of hydrogen-bond acceptors (Lipinski definition) is 4. The number of aromatic amines is 1. The van der Waals surface area contributed by atoms with E-state index in [4.69, 9.17) is 5.73 Å². The minimum Gasteiger partial charge on any atom is -0.494 e. The van der Waals surface area contributed by atoms with Crippen molar-refractivity contribution < 1.29 is 9.90 Å². The van der Waals surface area contributed by atoms with Gasteiger partial charge in [0, 0.05) is 35.0 Å². The summed E-state index contributed by atoms with van der Waals surface area (Å²) in [7, 11) is 0. The number of rotatable bonds is 2. The first-order valence-corrected chi connectivity index (χ1v) is 6.56. The van der Waals surface area contributed by atoms with Gasteiger partial charge in [0.15, 0.2) is 5.88 Å². The Hall–Kier alpha value is -1.82. The molecule has 1 heterocycles. The van der Waals surface area contributed by atoms with Crippen molar-refractivity contribution in [1.82, 2.24) is 10.3 Å². The number of aromatic hydroxyl groups is 1. The fraction of sp³-hybridized carbons (Fsp3) is 0.571. The predicted molar refractivity (Wildman–Crippen MR) is 75.5 cm³/mol. The highest BCUT2D eigenvalue weighted by Gasteiger charge is 2.60. The van der Waals surface area contributed by atoms with Gasteiger partial charge in [-0.1, -0.05) is 27.7 Å². The molecule has 0 unspecified atom stereocenters. The lowest BCUT2D eigenvalue weighted by molar-refractivity contribution is -0.0663. The third-order valence-electron chi connectivity index (χ3n) is 4.46. The van der Waals surface area contributed by atoms with Gasteiger partial charge in [-0.25, -0.2) is 0 Å². The lowest BCUT2D eigenvalue weighted by Crippen LogP contribution is -2.76. The molecule has 0 bridgehead atoms. The zero-order chi connectivity index (χ0) is 15.3. The zero-order valence-electron chi connectivity index (χ0n) is 12.2. The molecule has 1 amide bonds. The molecule has 0 atom stereocenters. The molecule has 0 spiro atoms. The topological polar surface area (TPSA) is 108 Å². The molecule has 1 aromatic heterocycles. The van der Waals surface area contributed by atoms with Gasteiger partial charge in [0.05, 0.1) is 5.56 Å². The number of pyridine rings is 1. The summed E-state index contributed by atoms with van der Waals surface area (Å²) in [5, 5.41) is 12.3. The summed E-state index contributed by atoms with van der Waals surface area (Å²) in [5.41, 5.74) is 5.32. The summed E-state index contributed by atoms with van der Waals surface area (Å²) >= 11 is 0. The van der Waals surface area contributed by atoms with Gasteiger partial charge in [-0.2, -0.15) is 0 Å². The van der Waals surface area contributed by atoms with Crippen LogP contribution in [0.5, 0.6) is 5.88 Å². The molecule has 1 saturated carbocycles. The number of amides is 1. The van der Waals surface area contributed by atoms with Crippen LogP contribution in [-0.2, 0) is 0 Å². The Kier molecular flexibility index (Phi) is 3.17. The van der Waals surface area contributed by atoms with Gasteiger partial charge < -0.3 is 16.2 Å². The third kappa shape index (κ3) is 2.10. The highest BCUT2D eigenvalue weighted by Crippen LogP contribution is 2.52. The molecule has 5 N–H and O–H groups in total. The first-order valence-electron chi connectivity index (χ1n) is 6.56. The van der Waals surface area contributed by atoms with Crippen molar-refractivity contribution in [3.8, 4) is 5.88 Å². The van der Waals surface area contributed by atoms with E-state index in [2.05, 4.69) is 10.3 Å². The minimum absolute atomic E-state index is 0.0205. The largest absolute Gasteiger partial charge is 0.494 e. The summed E-state index contributed by atoms with van der Waals surface area (Å²) < 4.78 is 0. The molecule has 1 aliphatic carbocycles. The van der Waals surface area contributed by atoms with Gasteiger partial charge in [-0.3, -0.25) is 14.6 Å². The molecule has 1 aromatic rings. The second-order valence-electron chi connectivity index (χ2n) is 6.65. The molecule has 1 aliphatic rings. The van der Waals surface area contributed by atoms with Crippen LogP contribution in [0.1, 0.15) is 38.1 Å². The van der Waals surface area contributed by atoms with Gasteiger partial charge in [0.2, 0.25) is 0 Å². The molecule has 2 rings (SSSR count). The Bertz CT molecular complexity index is 588. The molecule has 6 nitrogen and oxygen atoms in total. The van der Waals surface area contributed by atoms with Gasteiger partial charge in [0.25, 0.3) is 11.5 Å². The van der Waals surface area contributed by atoms with Crippen LogP contribution in [0.4, 0.5) is 0 Å². The van der Waals surface area contributed by atoms with Crippen LogP contribution in [0.3, 0.4) is 0 Å². The van der Waals surface area contributed by atoms with Crippen molar-refractivity contribution >= 4 is 5.91 Å². The molecule has 0 aromatic carbocycles. The average molecular weight is 279 g/mol. The second-order valence-corrected chi connectivity index (χ2v) is 6.65.